The first-order chi connectivity index (χ1) is 6.67. The summed E-state index contributed by atoms with van der Waals surface area (Å²) in [6, 6.07) is 0.533. The van der Waals surface area contributed by atoms with Crippen LogP contribution < -0.4 is 0 Å². The second-order valence-electron chi connectivity index (χ2n) is 4.02. The summed E-state index contributed by atoms with van der Waals surface area (Å²) in [6.45, 7) is 11.0. The number of hydrogen-bond donors (Lipinski definition) is 0. The number of ether oxygens (including phenoxy) is 1. The molecule has 0 radical (unpaired) electrons. The van der Waals surface area contributed by atoms with E-state index in [9.17, 15) is 0 Å². The lowest BCUT2D eigenvalue weighted by Crippen LogP contribution is -2.49. The molecule has 1 heterocycles. The Morgan fingerprint density at radius 3 is 2.93 bits per heavy atom. The van der Waals surface area contributed by atoms with Crippen molar-refractivity contribution >= 4 is 11.6 Å². The van der Waals surface area contributed by atoms with Gasteiger partial charge in [-0.25, -0.2) is 0 Å². The molecule has 82 valence electrons. The van der Waals surface area contributed by atoms with Gasteiger partial charge in [-0.2, -0.15) is 0 Å². The summed E-state index contributed by atoms with van der Waals surface area (Å²) in [4.78, 5) is 2.43. The van der Waals surface area contributed by atoms with Crippen LogP contribution in [0.1, 0.15) is 20.3 Å². The predicted molar refractivity (Wildman–Crippen MR) is 60.9 cm³/mol. The molecule has 0 aliphatic carbocycles. The fourth-order valence-corrected chi connectivity index (χ4v) is 1.90. The molecule has 1 aliphatic rings. The van der Waals surface area contributed by atoms with Gasteiger partial charge in [-0.1, -0.05) is 13.5 Å². The van der Waals surface area contributed by atoms with E-state index >= 15 is 0 Å². The summed E-state index contributed by atoms with van der Waals surface area (Å²) in [7, 11) is 0. The van der Waals surface area contributed by atoms with Crippen molar-refractivity contribution in [2.24, 2.45) is 0 Å². The van der Waals surface area contributed by atoms with Crippen LogP contribution in [0.5, 0.6) is 0 Å². The molecule has 1 saturated heterocycles. The Morgan fingerprint density at radius 1 is 1.64 bits per heavy atom. The molecular formula is C11H20ClNO. The summed E-state index contributed by atoms with van der Waals surface area (Å²) >= 11 is 5.74. The first-order valence-corrected chi connectivity index (χ1v) is 5.79. The standard InChI is InChI=1S/C11H20ClNO/c1-4-11-8-14-10(3)7-13(11)6-9(2)5-12/h10-11H,2,4-8H2,1,3H3. The molecule has 2 atom stereocenters. The monoisotopic (exact) mass is 217 g/mol. The minimum atomic E-state index is 0.334. The molecule has 3 heteroatoms. The van der Waals surface area contributed by atoms with Crippen LogP contribution in [0, 0.1) is 0 Å². The summed E-state index contributed by atoms with van der Waals surface area (Å²) < 4.78 is 5.62. The van der Waals surface area contributed by atoms with Gasteiger partial charge in [0.1, 0.15) is 0 Å². The highest BCUT2D eigenvalue weighted by atomic mass is 35.5. The van der Waals surface area contributed by atoms with Crippen molar-refractivity contribution in [1.82, 2.24) is 4.90 Å². The quantitative estimate of drug-likeness (QED) is 0.529. The smallest absolute Gasteiger partial charge is 0.0674 e. The molecule has 0 aromatic carbocycles. The zero-order valence-corrected chi connectivity index (χ0v) is 9.89. The maximum Gasteiger partial charge on any atom is 0.0674 e. The van der Waals surface area contributed by atoms with Gasteiger partial charge in [-0.05, 0) is 18.9 Å². The number of morpholine rings is 1. The average molecular weight is 218 g/mol. The van der Waals surface area contributed by atoms with Crippen molar-refractivity contribution in [2.75, 3.05) is 25.6 Å². The van der Waals surface area contributed by atoms with Gasteiger partial charge < -0.3 is 4.74 Å². The number of nitrogens with zero attached hydrogens (tertiary/aromatic N) is 1. The molecule has 0 saturated carbocycles. The predicted octanol–water partition coefficient (Wildman–Crippen LogP) is 2.28. The van der Waals surface area contributed by atoms with Gasteiger partial charge in [0.25, 0.3) is 0 Å². The normalized spacial score (nSPS) is 29.1. The maximum atomic E-state index is 5.74. The zero-order valence-electron chi connectivity index (χ0n) is 9.13. The molecular weight excluding hydrogens is 198 g/mol. The van der Waals surface area contributed by atoms with Crippen LogP contribution in [0.3, 0.4) is 0 Å². The van der Waals surface area contributed by atoms with Crippen LogP contribution in [0.15, 0.2) is 12.2 Å². The van der Waals surface area contributed by atoms with Crippen LogP contribution in [0.4, 0.5) is 0 Å². The van der Waals surface area contributed by atoms with Crippen molar-refractivity contribution in [3.63, 3.8) is 0 Å². The van der Waals surface area contributed by atoms with E-state index < -0.39 is 0 Å². The maximum absolute atomic E-state index is 5.74. The fourth-order valence-electron chi connectivity index (χ4n) is 1.81. The molecule has 0 N–H and O–H groups in total. The fraction of sp³-hybridized carbons (Fsp3) is 0.818. The Kier molecular flexibility index (Phi) is 4.93. The van der Waals surface area contributed by atoms with E-state index in [0.717, 1.165) is 31.7 Å². The second-order valence-corrected chi connectivity index (χ2v) is 4.29. The topological polar surface area (TPSA) is 12.5 Å². The first-order valence-electron chi connectivity index (χ1n) is 5.25. The molecule has 0 bridgehead atoms. The molecule has 0 amide bonds. The minimum Gasteiger partial charge on any atom is -0.376 e. The van der Waals surface area contributed by atoms with Gasteiger partial charge >= 0.3 is 0 Å². The molecule has 0 aromatic heterocycles. The molecule has 2 nitrogen and oxygen atoms in total. The van der Waals surface area contributed by atoms with Gasteiger partial charge in [0.05, 0.1) is 12.7 Å². The lowest BCUT2D eigenvalue weighted by atomic mass is 10.1. The van der Waals surface area contributed by atoms with Gasteiger partial charge in [0.2, 0.25) is 0 Å². The number of alkyl halides is 1. The molecule has 0 spiro atoms. The summed E-state index contributed by atoms with van der Waals surface area (Å²) in [5.74, 6) is 0.558. The SMILES string of the molecule is C=C(CCl)CN1CC(C)OCC1CC. The van der Waals surface area contributed by atoms with E-state index in [4.69, 9.17) is 16.3 Å². The molecule has 1 rings (SSSR count). The van der Waals surface area contributed by atoms with E-state index in [2.05, 4.69) is 25.3 Å². The highest BCUT2D eigenvalue weighted by Gasteiger charge is 2.25. The van der Waals surface area contributed by atoms with Gasteiger partial charge in [-0.3, -0.25) is 4.90 Å². The third kappa shape index (κ3) is 3.26. The molecule has 0 aromatic rings. The third-order valence-corrected chi connectivity index (χ3v) is 3.05. The Balaban J connectivity index is 2.48. The van der Waals surface area contributed by atoms with Gasteiger partial charge in [-0.15, -0.1) is 11.6 Å². The van der Waals surface area contributed by atoms with Gasteiger partial charge in [0, 0.05) is 25.0 Å². The highest BCUT2D eigenvalue weighted by molar-refractivity contribution is 6.19. The van der Waals surface area contributed by atoms with Gasteiger partial charge in [0.15, 0.2) is 0 Å². The summed E-state index contributed by atoms with van der Waals surface area (Å²) in [6.07, 6.45) is 1.46. The molecule has 2 unspecified atom stereocenters. The number of rotatable bonds is 4. The average Bonchev–Trinajstić information content (AvgIpc) is 2.18. The summed E-state index contributed by atoms with van der Waals surface area (Å²) in [5, 5.41) is 0. The lowest BCUT2D eigenvalue weighted by Gasteiger charge is -2.38. The first kappa shape index (κ1) is 12.0. The summed E-state index contributed by atoms with van der Waals surface area (Å²) in [5.41, 5.74) is 1.10. The number of hydrogen-bond acceptors (Lipinski definition) is 2. The van der Waals surface area contributed by atoms with Crippen LogP contribution in [0.25, 0.3) is 0 Å². The Hall–Kier alpha value is -0.0500. The Bertz CT molecular complexity index is 196. The van der Waals surface area contributed by atoms with Crippen LogP contribution in [-0.2, 0) is 4.74 Å². The number of halogens is 1. The zero-order chi connectivity index (χ0) is 10.6. The molecule has 1 aliphatic heterocycles. The van der Waals surface area contributed by atoms with E-state index in [1.807, 2.05) is 0 Å². The Labute approximate surface area is 91.9 Å². The second kappa shape index (κ2) is 5.74. The van der Waals surface area contributed by atoms with E-state index in [-0.39, 0.29) is 0 Å². The van der Waals surface area contributed by atoms with E-state index in [0.29, 0.717) is 18.0 Å². The molecule has 14 heavy (non-hydrogen) atoms. The van der Waals surface area contributed by atoms with Crippen molar-refractivity contribution < 1.29 is 4.74 Å². The lowest BCUT2D eigenvalue weighted by molar-refractivity contribution is -0.0520. The van der Waals surface area contributed by atoms with E-state index in [1.54, 1.807) is 0 Å². The van der Waals surface area contributed by atoms with Crippen molar-refractivity contribution in [3.8, 4) is 0 Å². The van der Waals surface area contributed by atoms with Crippen LogP contribution in [-0.4, -0.2) is 42.6 Å². The van der Waals surface area contributed by atoms with Crippen molar-refractivity contribution in [2.45, 2.75) is 32.4 Å². The molecule has 1 fully saturated rings. The highest BCUT2D eigenvalue weighted by Crippen LogP contribution is 2.15. The van der Waals surface area contributed by atoms with Crippen molar-refractivity contribution in [1.29, 1.82) is 0 Å². The third-order valence-electron chi connectivity index (χ3n) is 2.67. The van der Waals surface area contributed by atoms with Crippen LogP contribution in [0.2, 0.25) is 0 Å². The van der Waals surface area contributed by atoms with Crippen molar-refractivity contribution in [3.05, 3.63) is 12.2 Å². The largest absolute Gasteiger partial charge is 0.376 e. The minimum absolute atomic E-state index is 0.334. The van der Waals surface area contributed by atoms with E-state index in [1.165, 1.54) is 0 Å². The Morgan fingerprint density at radius 2 is 2.36 bits per heavy atom. The van der Waals surface area contributed by atoms with Crippen LogP contribution >= 0.6 is 11.6 Å².